The van der Waals surface area contributed by atoms with Crippen LogP contribution in [0.5, 0.6) is 0 Å². The van der Waals surface area contributed by atoms with Crippen molar-refractivity contribution in [3.8, 4) is 0 Å². The first kappa shape index (κ1) is 15.6. The van der Waals surface area contributed by atoms with Crippen LogP contribution in [-0.2, 0) is 14.8 Å². The normalized spacial score (nSPS) is 42.5. The molecule has 134 valence electrons. The smallest absolute Gasteiger partial charge is 0.228 e. The Morgan fingerprint density at radius 2 is 1.33 bits per heavy atom. The van der Waals surface area contributed by atoms with Gasteiger partial charge >= 0.3 is 0 Å². The molecular weight excluding hydrogens is 324 g/mol. The molecule has 0 aromatic rings. The zero-order valence-electron chi connectivity index (χ0n) is 14.3. The molecule has 5 nitrogen and oxygen atoms in total. The van der Waals surface area contributed by atoms with Gasteiger partial charge in [0, 0.05) is 26.2 Å². The van der Waals surface area contributed by atoms with Crippen LogP contribution >= 0.6 is 0 Å². The third-order valence-corrected chi connectivity index (χ3v) is 9.72. The molecule has 6 aliphatic rings. The van der Waals surface area contributed by atoms with Gasteiger partial charge in [-0.1, -0.05) is 0 Å². The molecule has 1 aliphatic heterocycles. The van der Waals surface area contributed by atoms with Gasteiger partial charge in [-0.25, -0.2) is 8.42 Å². The van der Waals surface area contributed by atoms with Crippen LogP contribution in [-0.4, -0.2) is 55.0 Å². The maximum Gasteiger partial charge on any atom is 0.228 e. The molecular formula is C18H28N2O3S. The zero-order valence-corrected chi connectivity index (χ0v) is 15.1. The Balaban J connectivity index is 1.28. The van der Waals surface area contributed by atoms with Crippen molar-refractivity contribution in [2.45, 2.75) is 56.6 Å². The topological polar surface area (TPSA) is 57.7 Å². The van der Waals surface area contributed by atoms with E-state index in [0.29, 0.717) is 32.1 Å². The highest BCUT2D eigenvalue weighted by Crippen LogP contribution is 2.60. The lowest BCUT2D eigenvalue weighted by Gasteiger charge is -2.57. The van der Waals surface area contributed by atoms with Gasteiger partial charge in [-0.2, -0.15) is 4.31 Å². The minimum Gasteiger partial charge on any atom is -0.340 e. The van der Waals surface area contributed by atoms with Crippen molar-refractivity contribution < 1.29 is 13.2 Å². The molecule has 0 N–H and O–H groups in total. The minimum absolute atomic E-state index is 0.0910. The Bertz CT molecular complexity index is 612. The fourth-order valence-electron chi connectivity index (χ4n) is 6.43. The van der Waals surface area contributed by atoms with E-state index in [1.807, 2.05) is 4.90 Å². The van der Waals surface area contributed by atoms with Crippen molar-refractivity contribution in [3.05, 3.63) is 0 Å². The lowest BCUT2D eigenvalue weighted by atomic mass is 9.49. The summed E-state index contributed by atoms with van der Waals surface area (Å²) in [4.78, 5) is 15.3. The lowest BCUT2D eigenvalue weighted by molar-refractivity contribution is -0.158. The van der Waals surface area contributed by atoms with E-state index in [9.17, 15) is 13.2 Å². The number of hydrogen-bond acceptors (Lipinski definition) is 3. The van der Waals surface area contributed by atoms with Crippen molar-refractivity contribution in [3.63, 3.8) is 0 Å². The lowest BCUT2D eigenvalue weighted by Crippen LogP contribution is -2.58. The van der Waals surface area contributed by atoms with Gasteiger partial charge in [0.15, 0.2) is 0 Å². The van der Waals surface area contributed by atoms with Crippen LogP contribution in [0.1, 0.15) is 51.4 Å². The second-order valence-electron chi connectivity index (χ2n) is 9.13. The molecule has 0 radical (unpaired) electrons. The predicted octanol–water partition coefficient (Wildman–Crippen LogP) is 1.84. The SMILES string of the molecule is O=C(N1CCN(S(=O)(=O)C2CC2)CC1)C12CC3CC(CC(C3)C1)C2. The number of piperazine rings is 1. The summed E-state index contributed by atoms with van der Waals surface area (Å²) >= 11 is 0. The molecule has 0 unspecified atom stereocenters. The first-order valence-corrected chi connectivity index (χ1v) is 11.2. The average Bonchev–Trinajstić information content (AvgIpc) is 3.38. The first-order valence-electron chi connectivity index (χ1n) is 9.75. The van der Waals surface area contributed by atoms with Crippen molar-refractivity contribution >= 4 is 15.9 Å². The van der Waals surface area contributed by atoms with Gasteiger partial charge in [0.2, 0.25) is 15.9 Å². The van der Waals surface area contributed by atoms with Crippen LogP contribution in [0.3, 0.4) is 0 Å². The van der Waals surface area contributed by atoms with Gasteiger partial charge in [-0.3, -0.25) is 4.79 Å². The number of sulfonamides is 1. The van der Waals surface area contributed by atoms with Crippen LogP contribution in [0, 0.1) is 23.2 Å². The monoisotopic (exact) mass is 352 g/mol. The molecule has 1 saturated heterocycles. The van der Waals surface area contributed by atoms with Crippen LogP contribution in [0.2, 0.25) is 0 Å². The molecule has 6 rings (SSSR count). The molecule has 6 fully saturated rings. The minimum atomic E-state index is -3.09. The Labute approximate surface area is 144 Å². The average molecular weight is 353 g/mol. The number of carbonyl (C=O) groups is 1. The van der Waals surface area contributed by atoms with Crippen molar-refractivity contribution in [1.82, 2.24) is 9.21 Å². The van der Waals surface area contributed by atoms with E-state index in [4.69, 9.17) is 0 Å². The quantitative estimate of drug-likeness (QED) is 0.779. The number of carbonyl (C=O) groups excluding carboxylic acids is 1. The highest BCUT2D eigenvalue weighted by atomic mass is 32.2. The largest absolute Gasteiger partial charge is 0.340 e. The second kappa shape index (κ2) is 5.19. The molecule has 0 aromatic heterocycles. The van der Waals surface area contributed by atoms with Crippen molar-refractivity contribution in [2.24, 2.45) is 23.2 Å². The third-order valence-electron chi connectivity index (χ3n) is 7.32. The third kappa shape index (κ3) is 2.36. The first-order chi connectivity index (χ1) is 11.5. The molecule has 5 aliphatic carbocycles. The number of amides is 1. The summed E-state index contributed by atoms with van der Waals surface area (Å²) in [5.41, 5.74) is -0.0910. The molecule has 5 saturated carbocycles. The van der Waals surface area contributed by atoms with E-state index in [0.717, 1.165) is 49.9 Å². The maximum atomic E-state index is 13.3. The fourth-order valence-corrected chi connectivity index (χ4v) is 8.26. The summed E-state index contributed by atoms with van der Waals surface area (Å²) < 4.78 is 26.4. The van der Waals surface area contributed by atoms with E-state index in [1.165, 1.54) is 19.3 Å². The van der Waals surface area contributed by atoms with Gasteiger partial charge < -0.3 is 4.90 Å². The van der Waals surface area contributed by atoms with Crippen LogP contribution < -0.4 is 0 Å². The molecule has 0 atom stereocenters. The Morgan fingerprint density at radius 3 is 1.79 bits per heavy atom. The summed E-state index contributed by atoms with van der Waals surface area (Å²) in [6.45, 7) is 2.17. The molecule has 4 bridgehead atoms. The summed E-state index contributed by atoms with van der Waals surface area (Å²) in [6.07, 6.45) is 8.96. The molecule has 1 heterocycles. The molecule has 0 aromatic carbocycles. The van der Waals surface area contributed by atoms with Crippen LogP contribution in [0.25, 0.3) is 0 Å². The number of rotatable bonds is 3. The second-order valence-corrected chi connectivity index (χ2v) is 11.3. The highest BCUT2D eigenvalue weighted by molar-refractivity contribution is 7.90. The highest BCUT2D eigenvalue weighted by Gasteiger charge is 2.56. The van der Waals surface area contributed by atoms with E-state index in [2.05, 4.69) is 0 Å². The van der Waals surface area contributed by atoms with Crippen molar-refractivity contribution in [1.29, 1.82) is 0 Å². The maximum absolute atomic E-state index is 13.3. The van der Waals surface area contributed by atoms with E-state index in [-0.39, 0.29) is 10.7 Å². The number of nitrogens with zero attached hydrogens (tertiary/aromatic N) is 2. The zero-order chi connectivity index (χ0) is 16.5. The Morgan fingerprint density at radius 1 is 0.833 bits per heavy atom. The van der Waals surface area contributed by atoms with Crippen molar-refractivity contribution in [2.75, 3.05) is 26.2 Å². The Kier molecular flexibility index (Phi) is 3.38. The van der Waals surface area contributed by atoms with Gasteiger partial charge in [0.05, 0.1) is 10.7 Å². The standard InChI is InChI=1S/C18H28N2O3S/c21-17(18-10-13-7-14(11-18)9-15(8-13)12-18)19-3-5-20(6-4-19)24(22,23)16-1-2-16/h13-16H,1-12H2. The van der Waals surface area contributed by atoms with Gasteiger partial charge in [0.25, 0.3) is 0 Å². The van der Waals surface area contributed by atoms with Gasteiger partial charge in [-0.15, -0.1) is 0 Å². The summed E-state index contributed by atoms with van der Waals surface area (Å²) in [6, 6.07) is 0. The fraction of sp³-hybridized carbons (Fsp3) is 0.944. The van der Waals surface area contributed by atoms with Gasteiger partial charge in [-0.05, 0) is 69.1 Å². The van der Waals surface area contributed by atoms with E-state index in [1.54, 1.807) is 4.31 Å². The Hall–Kier alpha value is -0.620. The van der Waals surface area contributed by atoms with E-state index >= 15 is 0 Å². The molecule has 24 heavy (non-hydrogen) atoms. The van der Waals surface area contributed by atoms with Gasteiger partial charge in [0.1, 0.15) is 0 Å². The predicted molar refractivity (Wildman–Crippen MR) is 90.7 cm³/mol. The summed E-state index contributed by atoms with van der Waals surface area (Å²) in [7, 11) is -3.09. The van der Waals surface area contributed by atoms with Crippen LogP contribution in [0.15, 0.2) is 0 Å². The van der Waals surface area contributed by atoms with E-state index < -0.39 is 10.0 Å². The molecule has 0 spiro atoms. The summed E-state index contributed by atoms with van der Waals surface area (Å²) in [5.74, 6) is 2.68. The van der Waals surface area contributed by atoms with Crippen LogP contribution in [0.4, 0.5) is 0 Å². The molecule has 6 heteroatoms. The number of hydrogen-bond donors (Lipinski definition) is 0. The molecule has 1 amide bonds. The summed E-state index contributed by atoms with van der Waals surface area (Å²) in [5, 5.41) is -0.136.